The minimum atomic E-state index is -0.284. The Bertz CT molecular complexity index is 1910. The molecule has 2 aliphatic rings. The Morgan fingerprint density at radius 1 is 1.07 bits per heavy atom. The SMILES string of the molecule is CNC(=O)c1ccc(-n2c(NCc3nc(C4=CC=CCC4)n[nH]3)nc3c(c2=O)C[C@@H](C)N(C(=O)c2ccc(Cl)c(Cl)c2)C3)cc1. The van der Waals surface area contributed by atoms with Crippen LogP contribution in [0.3, 0.4) is 0 Å². The van der Waals surface area contributed by atoms with Crippen molar-refractivity contribution in [3.05, 3.63) is 115 Å². The van der Waals surface area contributed by atoms with Gasteiger partial charge in [-0.3, -0.25) is 19.5 Å². The molecule has 3 N–H and O–H groups in total. The molecule has 4 aromatic rings. The van der Waals surface area contributed by atoms with E-state index in [1.807, 2.05) is 19.1 Å². The van der Waals surface area contributed by atoms with Gasteiger partial charge < -0.3 is 15.5 Å². The molecule has 0 bridgehead atoms. The monoisotopic (exact) mass is 644 g/mol. The van der Waals surface area contributed by atoms with Gasteiger partial charge in [0.2, 0.25) is 5.95 Å². The molecule has 0 radical (unpaired) electrons. The van der Waals surface area contributed by atoms with Crippen LogP contribution in [0.1, 0.15) is 63.4 Å². The van der Waals surface area contributed by atoms with Gasteiger partial charge in [0.25, 0.3) is 17.4 Å². The first-order valence-corrected chi connectivity index (χ1v) is 15.2. The van der Waals surface area contributed by atoms with Crippen molar-refractivity contribution in [1.82, 2.24) is 34.9 Å². The van der Waals surface area contributed by atoms with Gasteiger partial charge in [0, 0.05) is 29.8 Å². The lowest BCUT2D eigenvalue weighted by Crippen LogP contribution is -2.46. The number of anilines is 1. The van der Waals surface area contributed by atoms with Crippen molar-refractivity contribution in [1.29, 1.82) is 0 Å². The van der Waals surface area contributed by atoms with Crippen molar-refractivity contribution in [2.24, 2.45) is 0 Å². The number of aromatic nitrogens is 5. The van der Waals surface area contributed by atoms with Gasteiger partial charge >= 0.3 is 0 Å². The van der Waals surface area contributed by atoms with Crippen LogP contribution in [0.4, 0.5) is 5.95 Å². The number of nitrogens with one attached hydrogen (secondary N) is 3. The Morgan fingerprint density at radius 2 is 1.84 bits per heavy atom. The van der Waals surface area contributed by atoms with Crippen LogP contribution < -0.4 is 16.2 Å². The first-order valence-electron chi connectivity index (χ1n) is 14.5. The molecule has 0 fully saturated rings. The number of carbonyl (C=O) groups is 2. The van der Waals surface area contributed by atoms with Gasteiger partial charge in [0.15, 0.2) is 5.82 Å². The van der Waals surface area contributed by atoms with E-state index in [0.29, 0.717) is 51.2 Å². The number of benzene rings is 2. The number of hydrogen-bond acceptors (Lipinski definition) is 7. The summed E-state index contributed by atoms with van der Waals surface area (Å²) in [7, 11) is 1.56. The molecule has 45 heavy (non-hydrogen) atoms. The first-order chi connectivity index (χ1) is 21.7. The van der Waals surface area contributed by atoms with Crippen LogP contribution in [-0.4, -0.2) is 54.5 Å². The average Bonchev–Trinajstić information content (AvgIpc) is 3.54. The van der Waals surface area contributed by atoms with Gasteiger partial charge in [-0.05, 0) is 74.2 Å². The fourth-order valence-corrected chi connectivity index (χ4v) is 5.76. The summed E-state index contributed by atoms with van der Waals surface area (Å²) in [5, 5.41) is 13.8. The van der Waals surface area contributed by atoms with E-state index in [9.17, 15) is 14.4 Å². The highest BCUT2D eigenvalue weighted by atomic mass is 35.5. The van der Waals surface area contributed by atoms with Gasteiger partial charge in [-0.2, -0.15) is 5.10 Å². The topological polar surface area (TPSA) is 138 Å². The minimum absolute atomic E-state index is 0.129. The molecule has 0 saturated heterocycles. The molecular formula is C32H30Cl2N8O3. The Labute approximate surface area is 269 Å². The zero-order valence-corrected chi connectivity index (χ0v) is 26.1. The zero-order valence-electron chi connectivity index (χ0n) is 24.6. The minimum Gasteiger partial charge on any atom is -0.355 e. The van der Waals surface area contributed by atoms with Gasteiger partial charge in [0.05, 0.1) is 34.5 Å². The number of halogens is 2. The summed E-state index contributed by atoms with van der Waals surface area (Å²) in [4.78, 5) is 51.0. The van der Waals surface area contributed by atoms with Crippen molar-refractivity contribution >= 4 is 46.5 Å². The van der Waals surface area contributed by atoms with Crippen molar-refractivity contribution in [2.45, 2.75) is 45.3 Å². The Morgan fingerprint density at radius 3 is 2.56 bits per heavy atom. The smallest absolute Gasteiger partial charge is 0.263 e. The molecule has 1 aliphatic heterocycles. The molecule has 1 aliphatic carbocycles. The zero-order chi connectivity index (χ0) is 31.7. The fourth-order valence-electron chi connectivity index (χ4n) is 5.46. The second-order valence-corrected chi connectivity index (χ2v) is 11.7. The van der Waals surface area contributed by atoms with Gasteiger partial charge in [0.1, 0.15) is 5.82 Å². The lowest BCUT2D eigenvalue weighted by Gasteiger charge is -2.34. The van der Waals surface area contributed by atoms with Crippen LogP contribution in [0.5, 0.6) is 0 Å². The van der Waals surface area contributed by atoms with Crippen molar-refractivity contribution in [3.63, 3.8) is 0 Å². The molecule has 0 unspecified atom stereocenters. The van der Waals surface area contributed by atoms with E-state index < -0.39 is 0 Å². The van der Waals surface area contributed by atoms with Crippen molar-refractivity contribution in [2.75, 3.05) is 12.4 Å². The maximum Gasteiger partial charge on any atom is 0.263 e. The number of carbonyl (C=O) groups excluding carboxylic acids is 2. The quantitative estimate of drug-likeness (QED) is 0.259. The molecule has 230 valence electrons. The summed E-state index contributed by atoms with van der Waals surface area (Å²) in [5.74, 6) is 0.987. The van der Waals surface area contributed by atoms with E-state index in [-0.39, 0.29) is 47.5 Å². The summed E-state index contributed by atoms with van der Waals surface area (Å²) in [6.07, 6.45) is 8.19. The predicted octanol–water partition coefficient (Wildman–Crippen LogP) is 4.95. The largest absolute Gasteiger partial charge is 0.355 e. The Balaban J connectivity index is 1.35. The third-order valence-corrected chi connectivity index (χ3v) is 8.64. The maximum absolute atomic E-state index is 14.1. The molecule has 13 heteroatoms. The maximum atomic E-state index is 14.1. The summed E-state index contributed by atoms with van der Waals surface area (Å²) in [6.45, 7) is 2.23. The highest BCUT2D eigenvalue weighted by Gasteiger charge is 2.32. The molecule has 2 aromatic heterocycles. The highest BCUT2D eigenvalue weighted by molar-refractivity contribution is 6.42. The van der Waals surface area contributed by atoms with E-state index in [0.717, 1.165) is 18.4 Å². The van der Waals surface area contributed by atoms with E-state index >= 15 is 0 Å². The molecule has 0 spiro atoms. The van der Waals surface area contributed by atoms with E-state index in [4.69, 9.17) is 28.2 Å². The van der Waals surface area contributed by atoms with Crippen LogP contribution in [-0.2, 0) is 19.5 Å². The number of aromatic amines is 1. The van der Waals surface area contributed by atoms with E-state index in [2.05, 4.69) is 31.9 Å². The molecule has 0 saturated carbocycles. The number of fused-ring (bicyclic) bond motifs is 1. The molecule has 1 atom stereocenters. The second kappa shape index (κ2) is 12.7. The highest BCUT2D eigenvalue weighted by Crippen LogP contribution is 2.28. The van der Waals surface area contributed by atoms with Crippen LogP contribution in [0, 0.1) is 0 Å². The lowest BCUT2D eigenvalue weighted by atomic mass is 9.98. The molecule has 3 heterocycles. The molecular weight excluding hydrogens is 615 g/mol. The normalized spacial score (nSPS) is 15.8. The molecule has 11 nitrogen and oxygen atoms in total. The van der Waals surface area contributed by atoms with Crippen LogP contribution in [0.15, 0.2) is 65.5 Å². The van der Waals surface area contributed by atoms with Gasteiger partial charge in [-0.25, -0.2) is 14.5 Å². The van der Waals surface area contributed by atoms with E-state index in [1.54, 1.807) is 54.4 Å². The summed E-state index contributed by atoms with van der Waals surface area (Å²) in [6, 6.07) is 11.2. The third-order valence-electron chi connectivity index (χ3n) is 7.90. The Kier molecular flexibility index (Phi) is 8.55. The Hall–Kier alpha value is -4.74. The number of allylic oxidation sites excluding steroid dienone is 4. The lowest BCUT2D eigenvalue weighted by molar-refractivity contribution is 0.0653. The molecule has 6 rings (SSSR count). The number of amides is 2. The third kappa shape index (κ3) is 6.13. The van der Waals surface area contributed by atoms with Gasteiger partial charge in [-0.1, -0.05) is 41.4 Å². The molecule has 2 aromatic carbocycles. The van der Waals surface area contributed by atoms with E-state index in [1.165, 1.54) is 4.57 Å². The van der Waals surface area contributed by atoms with Crippen molar-refractivity contribution < 1.29 is 9.59 Å². The number of hydrogen-bond donors (Lipinski definition) is 3. The molecule has 2 amide bonds. The first kappa shape index (κ1) is 30.3. The average molecular weight is 646 g/mol. The van der Waals surface area contributed by atoms with Crippen molar-refractivity contribution in [3.8, 4) is 5.69 Å². The van der Waals surface area contributed by atoms with Crippen LogP contribution in [0.25, 0.3) is 11.3 Å². The van der Waals surface area contributed by atoms with Crippen LogP contribution >= 0.6 is 23.2 Å². The summed E-state index contributed by atoms with van der Waals surface area (Å²) in [5.41, 5.74) is 3.17. The number of H-pyrrole nitrogens is 1. The number of rotatable bonds is 7. The predicted molar refractivity (Wildman–Crippen MR) is 173 cm³/mol. The summed E-state index contributed by atoms with van der Waals surface area (Å²) >= 11 is 12.3. The second-order valence-electron chi connectivity index (χ2n) is 10.9. The van der Waals surface area contributed by atoms with Gasteiger partial charge in [-0.15, -0.1) is 0 Å². The number of nitrogens with zero attached hydrogens (tertiary/aromatic N) is 5. The summed E-state index contributed by atoms with van der Waals surface area (Å²) < 4.78 is 1.49. The van der Waals surface area contributed by atoms with Crippen LogP contribution in [0.2, 0.25) is 10.0 Å². The fraction of sp³-hybridized carbons (Fsp3) is 0.250. The standard InChI is InChI=1S/C32H30Cl2N8O3/c1-18-14-23-26(17-41(18)30(44)21-10-13-24(33)25(34)15-21)37-32(36-16-27-38-28(40-39-27)19-6-4-3-5-7-19)42(31(23)45)22-11-8-20(9-12-22)29(43)35-2/h3-4,6,8-13,15,18H,5,7,14,16-17H2,1-2H3,(H,35,43)(H,36,37)(H,38,39,40)/t18-/m1/s1.